The van der Waals surface area contributed by atoms with E-state index in [1.54, 1.807) is 18.5 Å². The molecule has 0 fully saturated rings. The van der Waals surface area contributed by atoms with Gasteiger partial charge in [0, 0.05) is 18.8 Å². The molecule has 0 bridgehead atoms. The van der Waals surface area contributed by atoms with E-state index in [2.05, 4.69) is 12.0 Å². The Bertz CT molecular complexity index is 448. The van der Waals surface area contributed by atoms with E-state index in [4.69, 9.17) is 0 Å². The lowest BCUT2D eigenvalue weighted by Gasteiger charge is -2.10. The van der Waals surface area contributed by atoms with Gasteiger partial charge in [-0.15, -0.1) is 0 Å². The fourth-order valence-electron chi connectivity index (χ4n) is 1.67. The molecule has 3 nitrogen and oxygen atoms in total. The highest BCUT2D eigenvalue weighted by Gasteiger charge is 2.12. The standard InChI is InChI=1S/C13H14N2O/c1-11(12-6-3-2-4-7-12)10-13(16)15-9-5-8-14-15/h2-9,11H,10H2,1H3. The Labute approximate surface area is 94.7 Å². The molecule has 16 heavy (non-hydrogen) atoms. The summed E-state index contributed by atoms with van der Waals surface area (Å²) in [6, 6.07) is 11.8. The van der Waals surface area contributed by atoms with Gasteiger partial charge in [0.1, 0.15) is 0 Å². The molecule has 1 heterocycles. The average Bonchev–Trinajstić information content (AvgIpc) is 2.83. The summed E-state index contributed by atoms with van der Waals surface area (Å²) in [6.07, 6.45) is 3.77. The summed E-state index contributed by atoms with van der Waals surface area (Å²) in [4.78, 5) is 11.8. The molecule has 2 rings (SSSR count). The van der Waals surface area contributed by atoms with Crippen LogP contribution < -0.4 is 0 Å². The molecule has 3 heteroatoms. The van der Waals surface area contributed by atoms with Gasteiger partial charge in [0.25, 0.3) is 0 Å². The van der Waals surface area contributed by atoms with Crippen LogP contribution >= 0.6 is 0 Å². The van der Waals surface area contributed by atoms with Crippen LogP contribution in [-0.2, 0) is 0 Å². The van der Waals surface area contributed by atoms with E-state index >= 15 is 0 Å². The molecule has 2 aromatic rings. The predicted molar refractivity (Wildman–Crippen MR) is 62.3 cm³/mol. The quantitative estimate of drug-likeness (QED) is 0.787. The second-order valence-corrected chi connectivity index (χ2v) is 3.86. The van der Waals surface area contributed by atoms with Crippen LogP contribution in [0.15, 0.2) is 48.8 Å². The first kappa shape index (κ1) is 10.6. The number of benzene rings is 1. The average molecular weight is 214 g/mol. The van der Waals surface area contributed by atoms with E-state index in [0.717, 1.165) is 0 Å². The SMILES string of the molecule is CC(CC(=O)n1cccn1)c1ccccc1. The number of hydrogen-bond donors (Lipinski definition) is 0. The van der Waals surface area contributed by atoms with Crippen molar-refractivity contribution in [1.82, 2.24) is 9.78 Å². The zero-order chi connectivity index (χ0) is 11.4. The van der Waals surface area contributed by atoms with Crippen molar-refractivity contribution in [2.75, 3.05) is 0 Å². The zero-order valence-electron chi connectivity index (χ0n) is 9.21. The lowest BCUT2D eigenvalue weighted by atomic mass is 9.98. The van der Waals surface area contributed by atoms with Gasteiger partial charge in [-0.1, -0.05) is 37.3 Å². The Morgan fingerprint density at radius 2 is 2.06 bits per heavy atom. The smallest absolute Gasteiger partial charge is 0.247 e. The van der Waals surface area contributed by atoms with Gasteiger partial charge in [0.2, 0.25) is 5.91 Å². The molecule has 0 aliphatic heterocycles. The summed E-state index contributed by atoms with van der Waals surface area (Å²) in [5.74, 6) is 0.249. The van der Waals surface area contributed by atoms with Crippen molar-refractivity contribution in [1.29, 1.82) is 0 Å². The third kappa shape index (κ3) is 2.37. The number of rotatable bonds is 3. The van der Waals surface area contributed by atoms with E-state index in [9.17, 15) is 4.79 Å². The van der Waals surface area contributed by atoms with Crippen molar-refractivity contribution in [2.24, 2.45) is 0 Å². The maximum Gasteiger partial charge on any atom is 0.247 e. The minimum absolute atomic E-state index is 0.0290. The van der Waals surface area contributed by atoms with Crippen LogP contribution in [0.1, 0.15) is 29.6 Å². The molecule has 0 spiro atoms. The molecule has 0 N–H and O–H groups in total. The predicted octanol–water partition coefficient (Wildman–Crippen LogP) is 2.72. The van der Waals surface area contributed by atoms with E-state index in [-0.39, 0.29) is 11.8 Å². The molecule has 0 radical (unpaired) electrons. The van der Waals surface area contributed by atoms with Crippen molar-refractivity contribution >= 4 is 5.91 Å². The van der Waals surface area contributed by atoms with Crippen molar-refractivity contribution in [3.05, 3.63) is 54.4 Å². The Morgan fingerprint density at radius 1 is 1.31 bits per heavy atom. The van der Waals surface area contributed by atoms with Gasteiger partial charge in [0.15, 0.2) is 0 Å². The summed E-state index contributed by atoms with van der Waals surface area (Å²) < 4.78 is 1.39. The lowest BCUT2D eigenvalue weighted by Crippen LogP contribution is -2.13. The monoisotopic (exact) mass is 214 g/mol. The van der Waals surface area contributed by atoms with Gasteiger partial charge in [-0.25, -0.2) is 4.68 Å². The van der Waals surface area contributed by atoms with Gasteiger partial charge in [0.05, 0.1) is 0 Å². The van der Waals surface area contributed by atoms with Crippen LogP contribution in [0.25, 0.3) is 0 Å². The maximum atomic E-state index is 11.8. The summed E-state index contributed by atoms with van der Waals surface area (Å²) in [5.41, 5.74) is 1.18. The Hall–Kier alpha value is -1.90. The maximum absolute atomic E-state index is 11.8. The lowest BCUT2D eigenvalue weighted by molar-refractivity contribution is 0.0879. The summed E-state index contributed by atoms with van der Waals surface area (Å²) in [7, 11) is 0. The molecule has 1 aromatic carbocycles. The van der Waals surface area contributed by atoms with Crippen LogP contribution in [0.5, 0.6) is 0 Å². The number of carbonyl (C=O) groups excluding carboxylic acids is 1. The molecule has 1 atom stereocenters. The first-order valence-corrected chi connectivity index (χ1v) is 5.35. The molecule has 0 aliphatic rings. The van der Waals surface area contributed by atoms with Crippen LogP contribution in [-0.4, -0.2) is 15.7 Å². The number of nitrogens with zero attached hydrogens (tertiary/aromatic N) is 2. The highest BCUT2D eigenvalue weighted by atomic mass is 16.2. The van der Waals surface area contributed by atoms with Gasteiger partial charge in [-0.2, -0.15) is 5.10 Å². The van der Waals surface area contributed by atoms with E-state index in [1.165, 1.54) is 10.2 Å². The van der Waals surface area contributed by atoms with E-state index < -0.39 is 0 Å². The highest BCUT2D eigenvalue weighted by Crippen LogP contribution is 2.18. The number of hydrogen-bond acceptors (Lipinski definition) is 2. The number of carbonyl (C=O) groups is 1. The van der Waals surface area contributed by atoms with Gasteiger partial charge < -0.3 is 0 Å². The number of aromatic nitrogens is 2. The second-order valence-electron chi connectivity index (χ2n) is 3.86. The Morgan fingerprint density at radius 3 is 2.69 bits per heavy atom. The minimum Gasteiger partial charge on any atom is -0.273 e. The fourth-order valence-corrected chi connectivity index (χ4v) is 1.67. The third-order valence-corrected chi connectivity index (χ3v) is 2.61. The first-order chi connectivity index (χ1) is 7.77. The van der Waals surface area contributed by atoms with Crippen molar-refractivity contribution in [3.63, 3.8) is 0 Å². The first-order valence-electron chi connectivity index (χ1n) is 5.35. The van der Waals surface area contributed by atoms with E-state index in [1.807, 2.05) is 30.3 Å². The largest absolute Gasteiger partial charge is 0.273 e. The Balaban J connectivity index is 2.03. The minimum atomic E-state index is 0.0290. The molecule has 1 unspecified atom stereocenters. The third-order valence-electron chi connectivity index (χ3n) is 2.61. The van der Waals surface area contributed by atoms with Crippen molar-refractivity contribution in [2.45, 2.75) is 19.3 Å². The van der Waals surface area contributed by atoms with Crippen molar-refractivity contribution < 1.29 is 4.79 Å². The van der Waals surface area contributed by atoms with Crippen LogP contribution in [0.2, 0.25) is 0 Å². The molecule has 0 saturated heterocycles. The van der Waals surface area contributed by atoms with E-state index in [0.29, 0.717) is 6.42 Å². The topological polar surface area (TPSA) is 34.9 Å². The van der Waals surface area contributed by atoms with Crippen LogP contribution in [0.3, 0.4) is 0 Å². The molecule has 0 aliphatic carbocycles. The zero-order valence-corrected chi connectivity index (χ0v) is 9.21. The molecule has 82 valence electrons. The van der Waals surface area contributed by atoms with Crippen LogP contribution in [0, 0.1) is 0 Å². The fraction of sp³-hybridized carbons (Fsp3) is 0.231. The van der Waals surface area contributed by atoms with Crippen LogP contribution in [0.4, 0.5) is 0 Å². The highest BCUT2D eigenvalue weighted by molar-refractivity contribution is 5.78. The van der Waals surface area contributed by atoms with Gasteiger partial charge in [-0.05, 0) is 17.5 Å². The molecule has 0 saturated carbocycles. The molecular weight excluding hydrogens is 200 g/mol. The van der Waals surface area contributed by atoms with Gasteiger partial charge in [-0.3, -0.25) is 4.79 Å². The normalized spacial score (nSPS) is 12.3. The molecular formula is C13H14N2O. The molecule has 1 aromatic heterocycles. The second kappa shape index (κ2) is 4.75. The summed E-state index contributed by atoms with van der Waals surface area (Å²) in [5, 5.41) is 3.93. The van der Waals surface area contributed by atoms with Crippen molar-refractivity contribution in [3.8, 4) is 0 Å². The summed E-state index contributed by atoms with van der Waals surface area (Å²) >= 11 is 0. The molecule has 0 amide bonds. The summed E-state index contributed by atoms with van der Waals surface area (Å²) in [6.45, 7) is 2.05. The van der Waals surface area contributed by atoms with Gasteiger partial charge >= 0.3 is 0 Å². The Kier molecular flexibility index (Phi) is 3.15.